The van der Waals surface area contributed by atoms with Gasteiger partial charge in [-0.2, -0.15) is 11.8 Å². The molecule has 190 valence electrons. The fraction of sp³-hybridized carbons (Fsp3) is 0.826. The van der Waals surface area contributed by atoms with Crippen molar-refractivity contribution in [3.05, 3.63) is 0 Å². The molecule has 1 aliphatic rings. The van der Waals surface area contributed by atoms with Crippen molar-refractivity contribution in [3.8, 4) is 0 Å². The molecule has 0 heterocycles. The highest BCUT2D eigenvalue weighted by atomic mass is 32.2. The van der Waals surface area contributed by atoms with Crippen molar-refractivity contribution in [1.29, 1.82) is 0 Å². The summed E-state index contributed by atoms with van der Waals surface area (Å²) in [5.41, 5.74) is -0.644. The van der Waals surface area contributed by atoms with Gasteiger partial charge in [0.25, 0.3) is 0 Å². The van der Waals surface area contributed by atoms with Crippen LogP contribution in [0.5, 0.6) is 0 Å². The molecule has 1 aliphatic carbocycles. The first-order valence-electron chi connectivity index (χ1n) is 11.6. The minimum absolute atomic E-state index is 0.189. The summed E-state index contributed by atoms with van der Waals surface area (Å²) >= 11 is 1.60. The molecule has 0 spiro atoms. The lowest BCUT2D eigenvalue weighted by atomic mass is 9.81. The van der Waals surface area contributed by atoms with E-state index in [9.17, 15) is 24.3 Å². The van der Waals surface area contributed by atoms with Gasteiger partial charge in [-0.25, -0.2) is 9.59 Å². The molecule has 1 rings (SSSR count). The molecule has 0 bridgehead atoms. The zero-order chi connectivity index (χ0) is 25.2. The summed E-state index contributed by atoms with van der Waals surface area (Å²) in [6.45, 7) is 9.31. The fourth-order valence-electron chi connectivity index (χ4n) is 3.74. The third-order valence-electron chi connectivity index (χ3n) is 5.63. The zero-order valence-electron chi connectivity index (χ0n) is 20.7. The van der Waals surface area contributed by atoms with E-state index in [1.54, 1.807) is 46.4 Å². The highest BCUT2D eigenvalue weighted by Gasteiger charge is 2.31. The standard InChI is InChI=1S/C23H41N3O6S/c1-14(2)18(21(29)30)26-19(27)16-9-7-15(8-10-16)13-24-20(28)17(11-12-33-6)25-22(31)32-23(3,4)5/h14-18H,7-13H2,1-6H3,(H,24,28)(H,25,31)(H,26,27)(H,29,30)/t15?,16?,17-,18-/m0/s1. The van der Waals surface area contributed by atoms with Gasteiger partial charge in [0.15, 0.2) is 0 Å². The molecular formula is C23H41N3O6S. The molecule has 9 nitrogen and oxygen atoms in total. The zero-order valence-corrected chi connectivity index (χ0v) is 21.5. The van der Waals surface area contributed by atoms with Crippen molar-refractivity contribution >= 4 is 35.6 Å². The lowest BCUT2D eigenvalue weighted by molar-refractivity contribution is -0.144. The van der Waals surface area contributed by atoms with Gasteiger partial charge in [0.1, 0.15) is 17.7 Å². The van der Waals surface area contributed by atoms with E-state index in [1.807, 2.05) is 6.26 Å². The van der Waals surface area contributed by atoms with E-state index in [4.69, 9.17) is 4.74 Å². The average Bonchev–Trinajstić information content (AvgIpc) is 2.71. The van der Waals surface area contributed by atoms with Gasteiger partial charge in [-0.05, 0) is 76.7 Å². The van der Waals surface area contributed by atoms with Crippen LogP contribution >= 0.6 is 11.8 Å². The number of ether oxygens (including phenoxy) is 1. The Bertz CT molecular complexity index is 672. The van der Waals surface area contributed by atoms with Crippen molar-refractivity contribution < 1.29 is 29.0 Å². The maximum atomic E-state index is 12.7. The van der Waals surface area contributed by atoms with E-state index in [2.05, 4.69) is 16.0 Å². The molecule has 0 aromatic rings. The van der Waals surface area contributed by atoms with Gasteiger partial charge in [0.05, 0.1) is 0 Å². The molecule has 0 saturated heterocycles. The number of carbonyl (C=O) groups excluding carboxylic acids is 3. The van der Waals surface area contributed by atoms with Crippen LogP contribution in [0.15, 0.2) is 0 Å². The highest BCUT2D eigenvalue weighted by molar-refractivity contribution is 7.98. The number of carbonyl (C=O) groups is 4. The first kappa shape index (κ1) is 29.1. The fourth-order valence-corrected chi connectivity index (χ4v) is 4.21. The van der Waals surface area contributed by atoms with E-state index in [1.165, 1.54) is 0 Å². The van der Waals surface area contributed by atoms with Gasteiger partial charge in [0.2, 0.25) is 11.8 Å². The number of hydrogen-bond acceptors (Lipinski definition) is 6. The van der Waals surface area contributed by atoms with Gasteiger partial charge in [0, 0.05) is 12.5 Å². The number of hydrogen-bond donors (Lipinski definition) is 4. The summed E-state index contributed by atoms with van der Waals surface area (Å²) in [7, 11) is 0. The third-order valence-corrected chi connectivity index (χ3v) is 6.28. The van der Waals surface area contributed by atoms with Crippen LogP contribution in [0.1, 0.15) is 66.7 Å². The Morgan fingerprint density at radius 2 is 1.67 bits per heavy atom. The van der Waals surface area contributed by atoms with E-state index in [0.29, 0.717) is 25.8 Å². The maximum absolute atomic E-state index is 12.7. The Kier molecular flexibility index (Phi) is 12.0. The van der Waals surface area contributed by atoms with Crippen LogP contribution < -0.4 is 16.0 Å². The number of aliphatic carboxylic acids is 1. The van der Waals surface area contributed by atoms with Gasteiger partial charge >= 0.3 is 12.1 Å². The molecule has 0 unspecified atom stereocenters. The molecule has 0 radical (unpaired) electrons. The van der Waals surface area contributed by atoms with E-state index in [-0.39, 0.29) is 29.6 Å². The molecule has 1 saturated carbocycles. The van der Waals surface area contributed by atoms with Gasteiger partial charge < -0.3 is 25.8 Å². The Labute approximate surface area is 201 Å². The second-order valence-electron chi connectivity index (χ2n) is 10.0. The van der Waals surface area contributed by atoms with Crippen molar-refractivity contribution in [3.63, 3.8) is 0 Å². The van der Waals surface area contributed by atoms with Crippen LogP contribution in [0, 0.1) is 17.8 Å². The highest BCUT2D eigenvalue weighted by Crippen LogP contribution is 2.29. The van der Waals surface area contributed by atoms with Crippen molar-refractivity contribution in [2.24, 2.45) is 17.8 Å². The summed E-state index contributed by atoms with van der Waals surface area (Å²) in [4.78, 5) is 48.6. The molecule has 4 N–H and O–H groups in total. The number of amides is 3. The normalized spacial score (nSPS) is 20.5. The Morgan fingerprint density at radius 1 is 1.06 bits per heavy atom. The minimum Gasteiger partial charge on any atom is -0.480 e. The van der Waals surface area contributed by atoms with Gasteiger partial charge in [-0.1, -0.05) is 13.8 Å². The number of nitrogens with one attached hydrogen (secondary N) is 3. The number of rotatable bonds is 11. The van der Waals surface area contributed by atoms with Crippen molar-refractivity contribution in [1.82, 2.24) is 16.0 Å². The Morgan fingerprint density at radius 3 is 2.15 bits per heavy atom. The summed E-state index contributed by atoms with van der Waals surface area (Å²) in [6.07, 6.45) is 4.68. The van der Waals surface area contributed by atoms with E-state index >= 15 is 0 Å². The molecule has 0 aromatic heterocycles. The molecule has 10 heteroatoms. The van der Waals surface area contributed by atoms with Gasteiger partial charge in [-0.3, -0.25) is 9.59 Å². The third kappa shape index (κ3) is 11.1. The molecule has 0 aliphatic heterocycles. The van der Waals surface area contributed by atoms with Crippen LogP contribution in [0.25, 0.3) is 0 Å². The first-order chi connectivity index (χ1) is 15.3. The predicted molar refractivity (Wildman–Crippen MR) is 129 cm³/mol. The summed E-state index contributed by atoms with van der Waals surface area (Å²) < 4.78 is 5.27. The van der Waals surface area contributed by atoms with Crippen LogP contribution in [0.3, 0.4) is 0 Å². The summed E-state index contributed by atoms with van der Waals surface area (Å²) in [6, 6.07) is -1.55. The quantitative estimate of drug-likeness (QED) is 0.352. The monoisotopic (exact) mass is 487 g/mol. The second-order valence-corrected chi connectivity index (χ2v) is 11.0. The lowest BCUT2D eigenvalue weighted by Crippen LogP contribution is -2.49. The predicted octanol–water partition coefficient (Wildman–Crippen LogP) is 2.78. The van der Waals surface area contributed by atoms with E-state index < -0.39 is 29.7 Å². The molecule has 0 aromatic carbocycles. The molecule has 3 amide bonds. The first-order valence-corrected chi connectivity index (χ1v) is 13.0. The number of carboxylic acids is 1. The summed E-state index contributed by atoms with van der Waals surface area (Å²) in [5, 5.41) is 17.5. The molecule has 33 heavy (non-hydrogen) atoms. The van der Waals surface area contributed by atoms with Gasteiger partial charge in [-0.15, -0.1) is 0 Å². The molecule has 2 atom stereocenters. The number of alkyl carbamates (subject to hydrolysis) is 1. The summed E-state index contributed by atoms with van der Waals surface area (Å²) in [5.74, 6) is -0.908. The van der Waals surface area contributed by atoms with E-state index in [0.717, 1.165) is 18.6 Å². The Balaban J connectivity index is 2.51. The van der Waals surface area contributed by atoms with Crippen LogP contribution in [0.4, 0.5) is 4.79 Å². The van der Waals surface area contributed by atoms with Crippen LogP contribution in [-0.2, 0) is 19.1 Å². The average molecular weight is 488 g/mol. The minimum atomic E-state index is -1.02. The largest absolute Gasteiger partial charge is 0.480 e. The maximum Gasteiger partial charge on any atom is 0.408 e. The second kappa shape index (κ2) is 13.7. The SMILES string of the molecule is CSCC[C@H](NC(=O)OC(C)(C)C)C(=O)NCC1CCC(C(=O)N[C@H](C(=O)O)C(C)C)CC1. The van der Waals surface area contributed by atoms with Crippen LogP contribution in [0.2, 0.25) is 0 Å². The van der Waals surface area contributed by atoms with Crippen LogP contribution in [-0.4, -0.2) is 65.2 Å². The smallest absolute Gasteiger partial charge is 0.408 e. The lowest BCUT2D eigenvalue weighted by Gasteiger charge is -2.30. The molecule has 1 fully saturated rings. The molecular weight excluding hydrogens is 446 g/mol. The van der Waals surface area contributed by atoms with Crippen molar-refractivity contribution in [2.45, 2.75) is 84.4 Å². The number of carboxylic acid groups (broad SMARTS) is 1. The number of thioether (sulfide) groups is 1. The Hall–Kier alpha value is -1.97. The van der Waals surface area contributed by atoms with Crippen molar-refractivity contribution in [2.75, 3.05) is 18.6 Å². The topological polar surface area (TPSA) is 134 Å².